The number of carbonyl (C=O) groups is 2. The van der Waals surface area contributed by atoms with E-state index in [1.807, 2.05) is 35.7 Å². The van der Waals surface area contributed by atoms with Gasteiger partial charge in [0.2, 0.25) is 5.91 Å². The highest BCUT2D eigenvalue weighted by Gasteiger charge is 2.11. The number of para-hydroxylation sites is 1. The quantitative estimate of drug-likeness (QED) is 0.855. The second-order valence-electron chi connectivity index (χ2n) is 5.33. The van der Waals surface area contributed by atoms with Crippen molar-refractivity contribution in [2.45, 2.75) is 12.8 Å². The lowest BCUT2D eigenvalue weighted by Crippen LogP contribution is -2.31. The van der Waals surface area contributed by atoms with Crippen molar-refractivity contribution in [3.8, 4) is 0 Å². The summed E-state index contributed by atoms with van der Waals surface area (Å²) in [6.07, 6.45) is 1.07. The van der Waals surface area contributed by atoms with Gasteiger partial charge < -0.3 is 15.5 Å². The van der Waals surface area contributed by atoms with Gasteiger partial charge in [-0.05, 0) is 29.5 Å². The molecule has 0 aliphatic carbocycles. The van der Waals surface area contributed by atoms with E-state index in [0.717, 1.165) is 12.0 Å². The van der Waals surface area contributed by atoms with Crippen LogP contribution in [0.25, 0.3) is 0 Å². The Morgan fingerprint density at radius 1 is 1.13 bits per heavy atom. The van der Waals surface area contributed by atoms with Crippen LogP contribution in [0.2, 0.25) is 0 Å². The fourth-order valence-corrected chi connectivity index (χ4v) is 2.75. The minimum atomic E-state index is -0.258. The number of urea groups is 1. The number of carbonyl (C=O) groups excluding carboxylic acids is 2. The van der Waals surface area contributed by atoms with Gasteiger partial charge in [0.15, 0.2) is 0 Å². The number of nitrogens with one attached hydrogen (secondary N) is 2. The van der Waals surface area contributed by atoms with E-state index in [4.69, 9.17) is 0 Å². The van der Waals surface area contributed by atoms with Crippen molar-refractivity contribution in [3.63, 3.8) is 0 Å². The van der Waals surface area contributed by atoms with Crippen molar-refractivity contribution in [2.75, 3.05) is 26.0 Å². The zero-order chi connectivity index (χ0) is 16.7. The van der Waals surface area contributed by atoms with Crippen molar-refractivity contribution in [1.29, 1.82) is 0 Å². The molecule has 0 bridgehead atoms. The predicted octanol–water partition coefficient (Wildman–Crippen LogP) is 2.74. The number of hydrogen-bond acceptors (Lipinski definition) is 3. The molecule has 1 heterocycles. The zero-order valence-corrected chi connectivity index (χ0v) is 14.2. The maximum atomic E-state index is 12.0. The van der Waals surface area contributed by atoms with E-state index in [2.05, 4.69) is 10.6 Å². The highest BCUT2D eigenvalue weighted by atomic mass is 32.1. The van der Waals surface area contributed by atoms with Gasteiger partial charge in [-0.3, -0.25) is 4.79 Å². The Hall–Kier alpha value is -2.34. The molecular weight excluding hydrogens is 310 g/mol. The van der Waals surface area contributed by atoms with Gasteiger partial charge in [-0.15, -0.1) is 11.3 Å². The molecule has 0 unspecified atom stereocenters. The molecule has 122 valence electrons. The molecule has 5 nitrogen and oxygen atoms in total. The summed E-state index contributed by atoms with van der Waals surface area (Å²) in [5.41, 5.74) is 1.47. The van der Waals surface area contributed by atoms with Crippen LogP contribution in [-0.4, -0.2) is 37.5 Å². The van der Waals surface area contributed by atoms with Crippen LogP contribution >= 0.6 is 11.3 Å². The second kappa shape index (κ2) is 8.33. The van der Waals surface area contributed by atoms with Crippen LogP contribution in [0.3, 0.4) is 0 Å². The van der Waals surface area contributed by atoms with Gasteiger partial charge >= 0.3 is 6.03 Å². The minimum Gasteiger partial charge on any atom is -0.349 e. The number of rotatable bonds is 6. The first kappa shape index (κ1) is 17.0. The average Bonchev–Trinajstić information content (AvgIpc) is 3.02. The van der Waals surface area contributed by atoms with Gasteiger partial charge in [0.05, 0.1) is 6.42 Å². The SMILES string of the molecule is CN(C)C(=O)Cc1ccccc1NC(=O)NCCc1cccs1. The molecule has 1 aromatic heterocycles. The Morgan fingerprint density at radius 2 is 1.91 bits per heavy atom. The van der Waals surface area contributed by atoms with Gasteiger partial charge in [0, 0.05) is 31.2 Å². The molecule has 0 fully saturated rings. The summed E-state index contributed by atoms with van der Waals surface area (Å²) in [7, 11) is 3.44. The summed E-state index contributed by atoms with van der Waals surface area (Å²) in [5.74, 6) is -0.00245. The number of nitrogens with zero attached hydrogens (tertiary/aromatic N) is 1. The molecule has 0 atom stereocenters. The molecule has 2 N–H and O–H groups in total. The Labute approximate surface area is 140 Å². The number of anilines is 1. The van der Waals surface area contributed by atoms with Crippen molar-refractivity contribution in [1.82, 2.24) is 10.2 Å². The Morgan fingerprint density at radius 3 is 2.61 bits per heavy atom. The third kappa shape index (κ3) is 5.41. The van der Waals surface area contributed by atoms with E-state index < -0.39 is 0 Å². The summed E-state index contributed by atoms with van der Waals surface area (Å²) >= 11 is 1.68. The Balaban J connectivity index is 1.88. The van der Waals surface area contributed by atoms with Crippen molar-refractivity contribution in [3.05, 3.63) is 52.2 Å². The zero-order valence-electron chi connectivity index (χ0n) is 13.3. The van der Waals surface area contributed by atoms with Crippen molar-refractivity contribution >= 4 is 29.0 Å². The fourth-order valence-electron chi connectivity index (χ4n) is 2.04. The van der Waals surface area contributed by atoms with Gasteiger partial charge in [0.25, 0.3) is 0 Å². The summed E-state index contributed by atoms with van der Waals surface area (Å²) in [6.45, 7) is 0.575. The standard InChI is InChI=1S/C17H21N3O2S/c1-20(2)16(21)12-13-6-3-4-8-15(13)19-17(22)18-10-9-14-7-5-11-23-14/h3-8,11H,9-10,12H2,1-2H3,(H2,18,19,22). The molecule has 3 amide bonds. The lowest BCUT2D eigenvalue weighted by Gasteiger charge is -2.14. The molecule has 1 aromatic carbocycles. The average molecular weight is 331 g/mol. The summed E-state index contributed by atoms with van der Waals surface area (Å²) in [4.78, 5) is 26.6. The van der Waals surface area contributed by atoms with Crippen LogP contribution in [0.4, 0.5) is 10.5 Å². The number of benzene rings is 1. The third-order valence-electron chi connectivity index (χ3n) is 3.34. The van der Waals surface area contributed by atoms with Crippen LogP contribution < -0.4 is 10.6 Å². The van der Waals surface area contributed by atoms with E-state index in [1.54, 1.807) is 31.5 Å². The van der Waals surface area contributed by atoms with Crippen molar-refractivity contribution < 1.29 is 9.59 Å². The van der Waals surface area contributed by atoms with Crippen LogP contribution in [0.1, 0.15) is 10.4 Å². The molecule has 0 aliphatic heterocycles. The smallest absolute Gasteiger partial charge is 0.319 e. The molecule has 0 saturated heterocycles. The molecule has 0 spiro atoms. The summed E-state index contributed by atoms with van der Waals surface area (Å²) in [6, 6.07) is 11.1. The van der Waals surface area contributed by atoms with E-state index in [0.29, 0.717) is 12.2 Å². The Kier molecular flexibility index (Phi) is 6.17. The fraction of sp³-hybridized carbons (Fsp3) is 0.294. The first-order valence-electron chi connectivity index (χ1n) is 7.41. The van der Waals surface area contributed by atoms with E-state index in [-0.39, 0.29) is 18.4 Å². The normalized spacial score (nSPS) is 10.2. The van der Waals surface area contributed by atoms with E-state index in [9.17, 15) is 9.59 Å². The van der Waals surface area contributed by atoms with Crippen LogP contribution in [0.15, 0.2) is 41.8 Å². The van der Waals surface area contributed by atoms with E-state index >= 15 is 0 Å². The number of thiophene rings is 1. The first-order valence-corrected chi connectivity index (χ1v) is 8.29. The van der Waals surface area contributed by atoms with Crippen LogP contribution in [0.5, 0.6) is 0 Å². The van der Waals surface area contributed by atoms with Crippen LogP contribution in [-0.2, 0) is 17.6 Å². The first-order chi connectivity index (χ1) is 11.1. The number of likely N-dealkylation sites (N-methyl/N-ethyl adjacent to an activating group) is 1. The highest BCUT2D eigenvalue weighted by molar-refractivity contribution is 7.09. The molecule has 0 radical (unpaired) electrons. The van der Waals surface area contributed by atoms with Gasteiger partial charge in [0.1, 0.15) is 0 Å². The predicted molar refractivity (Wildman–Crippen MR) is 93.9 cm³/mol. The third-order valence-corrected chi connectivity index (χ3v) is 4.28. The minimum absolute atomic E-state index is 0.00245. The monoisotopic (exact) mass is 331 g/mol. The maximum absolute atomic E-state index is 12.0. The highest BCUT2D eigenvalue weighted by Crippen LogP contribution is 2.16. The second-order valence-corrected chi connectivity index (χ2v) is 6.36. The summed E-state index contributed by atoms with van der Waals surface area (Å²) in [5, 5.41) is 7.67. The topological polar surface area (TPSA) is 61.4 Å². The number of amides is 3. The van der Waals surface area contributed by atoms with Crippen LogP contribution in [0, 0.1) is 0 Å². The molecule has 0 aliphatic rings. The van der Waals surface area contributed by atoms with Gasteiger partial charge in [-0.2, -0.15) is 0 Å². The van der Waals surface area contributed by atoms with Gasteiger partial charge in [-0.25, -0.2) is 4.79 Å². The number of hydrogen-bond donors (Lipinski definition) is 2. The maximum Gasteiger partial charge on any atom is 0.319 e. The lowest BCUT2D eigenvalue weighted by atomic mass is 10.1. The lowest BCUT2D eigenvalue weighted by molar-refractivity contribution is -0.127. The Bertz CT molecular complexity index is 654. The molecule has 2 aromatic rings. The largest absolute Gasteiger partial charge is 0.349 e. The molecule has 23 heavy (non-hydrogen) atoms. The van der Waals surface area contributed by atoms with Crippen molar-refractivity contribution in [2.24, 2.45) is 0 Å². The molecule has 2 rings (SSSR count). The summed E-state index contributed by atoms with van der Waals surface area (Å²) < 4.78 is 0. The molecule has 0 saturated carbocycles. The van der Waals surface area contributed by atoms with Gasteiger partial charge in [-0.1, -0.05) is 24.3 Å². The molecule has 6 heteroatoms. The van der Waals surface area contributed by atoms with E-state index in [1.165, 1.54) is 9.78 Å². The molecular formula is C17H21N3O2S.